The Morgan fingerprint density at radius 3 is 3.00 bits per heavy atom. The van der Waals surface area contributed by atoms with E-state index in [2.05, 4.69) is 45.3 Å². The molecule has 0 spiro atoms. The maximum Gasteiger partial charge on any atom is 0.231 e. The minimum atomic E-state index is 0.270. The minimum Gasteiger partial charge on any atom is -0.454 e. The normalized spacial score (nSPS) is 13.9. The first kappa shape index (κ1) is 15.0. The molecule has 0 radical (unpaired) electrons. The topological polar surface area (TPSA) is 69.5 Å². The summed E-state index contributed by atoms with van der Waals surface area (Å²) in [6.45, 7) is 2.78. The lowest BCUT2D eigenvalue weighted by Gasteiger charge is -2.01. The van der Waals surface area contributed by atoms with Crippen LogP contribution in [0.1, 0.15) is 28.2 Å². The number of ether oxygens (including phenoxy) is 2. The van der Waals surface area contributed by atoms with Gasteiger partial charge in [0.15, 0.2) is 17.3 Å². The van der Waals surface area contributed by atoms with E-state index in [1.165, 1.54) is 11.1 Å². The summed E-state index contributed by atoms with van der Waals surface area (Å²) in [6.07, 6.45) is 2.60. The molecule has 1 aliphatic heterocycles. The van der Waals surface area contributed by atoms with Crippen molar-refractivity contribution in [3.05, 3.63) is 64.6 Å². The molecule has 26 heavy (non-hydrogen) atoms. The Balaban J connectivity index is 1.34. The highest BCUT2D eigenvalue weighted by molar-refractivity contribution is 5.81. The number of aryl methyl sites for hydroxylation is 1. The van der Waals surface area contributed by atoms with Crippen molar-refractivity contribution in [1.29, 1.82) is 0 Å². The standard InChI is InChI=1S/C20H16N4O2/c1-12-3-2-4-14-15(12)8-16-20(14)24-23-19(22-16)10-21-9-13-5-6-17-18(7-13)26-11-25-17/h2-7,9H,8,10-11H2,1H3. The van der Waals surface area contributed by atoms with Crippen LogP contribution in [0, 0.1) is 6.92 Å². The van der Waals surface area contributed by atoms with Gasteiger partial charge < -0.3 is 9.47 Å². The molecule has 2 aliphatic rings. The Kier molecular flexibility index (Phi) is 3.41. The molecule has 3 aromatic rings. The van der Waals surface area contributed by atoms with Crippen LogP contribution in [0.4, 0.5) is 0 Å². The Labute approximate surface area is 150 Å². The first-order valence-electron chi connectivity index (χ1n) is 8.49. The van der Waals surface area contributed by atoms with Gasteiger partial charge >= 0.3 is 0 Å². The fourth-order valence-corrected chi connectivity index (χ4v) is 3.35. The summed E-state index contributed by atoms with van der Waals surface area (Å²) in [7, 11) is 0. The lowest BCUT2D eigenvalue weighted by atomic mass is 10.0. The van der Waals surface area contributed by atoms with Gasteiger partial charge in [0, 0.05) is 18.2 Å². The maximum absolute atomic E-state index is 5.38. The van der Waals surface area contributed by atoms with Crippen LogP contribution in [0.25, 0.3) is 11.3 Å². The number of nitrogens with zero attached hydrogens (tertiary/aromatic N) is 4. The van der Waals surface area contributed by atoms with Crippen molar-refractivity contribution in [3.8, 4) is 22.8 Å². The van der Waals surface area contributed by atoms with E-state index in [4.69, 9.17) is 9.47 Å². The summed E-state index contributed by atoms with van der Waals surface area (Å²) in [5.74, 6) is 2.15. The highest BCUT2D eigenvalue weighted by Crippen LogP contribution is 2.35. The average molecular weight is 344 g/mol. The molecular weight excluding hydrogens is 328 g/mol. The van der Waals surface area contributed by atoms with Gasteiger partial charge in [-0.15, -0.1) is 10.2 Å². The number of benzene rings is 2. The molecule has 6 nitrogen and oxygen atoms in total. The number of hydrogen-bond donors (Lipinski definition) is 0. The third kappa shape index (κ3) is 2.50. The first-order valence-corrected chi connectivity index (χ1v) is 8.49. The van der Waals surface area contributed by atoms with Crippen molar-refractivity contribution < 1.29 is 9.47 Å². The second-order valence-electron chi connectivity index (χ2n) is 6.38. The van der Waals surface area contributed by atoms with Gasteiger partial charge in [0.05, 0.1) is 5.69 Å². The van der Waals surface area contributed by atoms with Gasteiger partial charge in [-0.2, -0.15) is 0 Å². The van der Waals surface area contributed by atoms with E-state index in [0.717, 1.165) is 40.4 Å². The maximum atomic E-state index is 5.38. The van der Waals surface area contributed by atoms with E-state index in [9.17, 15) is 0 Å². The molecule has 5 rings (SSSR count). The molecule has 1 aromatic heterocycles. The molecule has 0 saturated heterocycles. The van der Waals surface area contributed by atoms with E-state index in [-0.39, 0.29) is 6.79 Å². The van der Waals surface area contributed by atoms with Crippen LogP contribution in [0.15, 0.2) is 41.4 Å². The van der Waals surface area contributed by atoms with Crippen molar-refractivity contribution in [1.82, 2.24) is 15.2 Å². The first-order chi connectivity index (χ1) is 12.8. The molecule has 2 heterocycles. The van der Waals surface area contributed by atoms with Gasteiger partial charge in [-0.1, -0.05) is 18.2 Å². The van der Waals surface area contributed by atoms with E-state index in [1.54, 1.807) is 6.21 Å². The smallest absolute Gasteiger partial charge is 0.231 e. The van der Waals surface area contributed by atoms with Crippen LogP contribution >= 0.6 is 0 Å². The molecule has 0 saturated carbocycles. The zero-order valence-corrected chi connectivity index (χ0v) is 14.3. The highest BCUT2D eigenvalue weighted by Gasteiger charge is 2.23. The van der Waals surface area contributed by atoms with Crippen LogP contribution in [-0.2, 0) is 13.0 Å². The third-order valence-electron chi connectivity index (χ3n) is 4.68. The fraction of sp³-hybridized carbons (Fsp3) is 0.200. The Morgan fingerprint density at radius 1 is 1.12 bits per heavy atom. The largest absolute Gasteiger partial charge is 0.454 e. The quantitative estimate of drug-likeness (QED) is 0.534. The summed E-state index contributed by atoms with van der Waals surface area (Å²) >= 11 is 0. The SMILES string of the molecule is Cc1cccc2c1Cc1nc(CN=Cc3ccc4c(c3)OCO4)nnc1-2. The third-order valence-corrected chi connectivity index (χ3v) is 4.68. The number of rotatable bonds is 3. The molecule has 0 unspecified atom stereocenters. The van der Waals surface area contributed by atoms with Gasteiger partial charge in [0.25, 0.3) is 0 Å². The summed E-state index contributed by atoms with van der Waals surface area (Å²) in [6, 6.07) is 12.0. The van der Waals surface area contributed by atoms with Crippen LogP contribution < -0.4 is 9.47 Å². The van der Waals surface area contributed by atoms with Crippen molar-refractivity contribution >= 4 is 6.21 Å². The number of aliphatic imine (C=N–C) groups is 1. The lowest BCUT2D eigenvalue weighted by molar-refractivity contribution is 0.174. The highest BCUT2D eigenvalue weighted by atomic mass is 16.7. The monoisotopic (exact) mass is 344 g/mol. The van der Waals surface area contributed by atoms with Crippen LogP contribution in [0.5, 0.6) is 11.5 Å². The average Bonchev–Trinajstić information content (AvgIpc) is 3.26. The van der Waals surface area contributed by atoms with Gasteiger partial charge in [0.2, 0.25) is 6.79 Å². The number of aromatic nitrogens is 3. The van der Waals surface area contributed by atoms with Gasteiger partial charge in [0.1, 0.15) is 12.2 Å². The zero-order valence-electron chi connectivity index (χ0n) is 14.3. The van der Waals surface area contributed by atoms with Crippen molar-refractivity contribution in [2.45, 2.75) is 19.9 Å². The molecule has 128 valence electrons. The summed E-state index contributed by atoms with van der Waals surface area (Å²) in [5, 5.41) is 8.64. The van der Waals surface area contributed by atoms with E-state index in [0.29, 0.717) is 12.4 Å². The van der Waals surface area contributed by atoms with E-state index in [1.807, 2.05) is 18.2 Å². The predicted octanol–water partition coefficient (Wildman–Crippen LogP) is 3.10. The molecular formula is C20H16N4O2. The minimum absolute atomic E-state index is 0.270. The van der Waals surface area contributed by atoms with Crippen molar-refractivity contribution in [3.63, 3.8) is 0 Å². The predicted molar refractivity (Wildman–Crippen MR) is 96.7 cm³/mol. The van der Waals surface area contributed by atoms with E-state index >= 15 is 0 Å². The molecule has 0 atom stereocenters. The Bertz CT molecular complexity index is 1050. The number of fused-ring (bicyclic) bond motifs is 4. The zero-order chi connectivity index (χ0) is 17.5. The molecule has 2 aromatic carbocycles. The van der Waals surface area contributed by atoms with Gasteiger partial charge in [-0.3, -0.25) is 4.99 Å². The molecule has 6 heteroatoms. The summed E-state index contributed by atoms with van der Waals surface area (Å²) in [4.78, 5) is 9.11. The van der Waals surface area contributed by atoms with E-state index < -0.39 is 0 Å². The summed E-state index contributed by atoms with van der Waals surface area (Å²) < 4.78 is 10.7. The molecule has 0 fully saturated rings. The second kappa shape index (κ2) is 5.91. The molecule has 0 bridgehead atoms. The Hall–Kier alpha value is -3.28. The fourth-order valence-electron chi connectivity index (χ4n) is 3.35. The lowest BCUT2D eigenvalue weighted by Crippen LogP contribution is -2.01. The van der Waals surface area contributed by atoms with Gasteiger partial charge in [-0.25, -0.2) is 4.98 Å². The van der Waals surface area contributed by atoms with Gasteiger partial charge in [-0.05, 0) is 41.8 Å². The molecule has 0 amide bonds. The second-order valence-corrected chi connectivity index (χ2v) is 6.38. The van der Waals surface area contributed by atoms with Crippen molar-refractivity contribution in [2.75, 3.05) is 6.79 Å². The molecule has 0 N–H and O–H groups in total. The van der Waals surface area contributed by atoms with Crippen molar-refractivity contribution in [2.24, 2.45) is 4.99 Å². The number of hydrogen-bond acceptors (Lipinski definition) is 6. The molecule has 1 aliphatic carbocycles. The van der Waals surface area contributed by atoms with Crippen LogP contribution in [0.2, 0.25) is 0 Å². The Morgan fingerprint density at radius 2 is 2.04 bits per heavy atom. The summed E-state index contributed by atoms with van der Waals surface area (Å²) in [5.41, 5.74) is 6.54. The van der Waals surface area contributed by atoms with Crippen LogP contribution in [-0.4, -0.2) is 28.2 Å². The van der Waals surface area contributed by atoms with Crippen LogP contribution in [0.3, 0.4) is 0 Å².